The molecule has 0 fully saturated rings. The number of nitrogens with one attached hydrogen (secondary N) is 2. The molecule has 2 N–H and O–H groups in total. The Labute approximate surface area is 164 Å². The van der Waals surface area contributed by atoms with Crippen LogP contribution >= 0.6 is 23.8 Å². The minimum Gasteiger partial charge on any atom is -0.358 e. The maximum atomic E-state index is 5.90. The molecule has 0 radical (unpaired) electrons. The Morgan fingerprint density at radius 1 is 1.08 bits per heavy atom. The second kappa shape index (κ2) is 8.34. The highest BCUT2D eigenvalue weighted by molar-refractivity contribution is 7.80. The van der Waals surface area contributed by atoms with Crippen molar-refractivity contribution in [3.05, 3.63) is 82.1 Å². The smallest absolute Gasteiger partial charge is 0.171 e. The first-order chi connectivity index (χ1) is 12.5. The van der Waals surface area contributed by atoms with Gasteiger partial charge < -0.3 is 10.6 Å². The van der Waals surface area contributed by atoms with E-state index >= 15 is 0 Å². The molecular formula is C20H21ClN4S. The summed E-state index contributed by atoms with van der Waals surface area (Å²) in [7, 11) is 0. The van der Waals surface area contributed by atoms with Gasteiger partial charge in [-0.05, 0) is 67.5 Å². The van der Waals surface area contributed by atoms with E-state index < -0.39 is 0 Å². The fourth-order valence-electron chi connectivity index (χ4n) is 2.72. The summed E-state index contributed by atoms with van der Waals surface area (Å²) in [5.41, 5.74) is 5.43. The molecule has 26 heavy (non-hydrogen) atoms. The highest BCUT2D eigenvalue weighted by atomic mass is 35.5. The van der Waals surface area contributed by atoms with Crippen molar-refractivity contribution < 1.29 is 0 Å². The molecule has 0 spiro atoms. The number of aromatic nitrogens is 2. The predicted molar refractivity (Wildman–Crippen MR) is 112 cm³/mol. The van der Waals surface area contributed by atoms with Crippen LogP contribution in [-0.2, 0) is 13.1 Å². The van der Waals surface area contributed by atoms with E-state index in [-0.39, 0.29) is 0 Å². The third-order valence-electron chi connectivity index (χ3n) is 3.99. The van der Waals surface area contributed by atoms with Crippen molar-refractivity contribution in [2.24, 2.45) is 0 Å². The first-order valence-corrected chi connectivity index (χ1v) is 9.17. The van der Waals surface area contributed by atoms with Crippen molar-refractivity contribution in [1.29, 1.82) is 0 Å². The summed E-state index contributed by atoms with van der Waals surface area (Å²) in [4.78, 5) is 0. The number of nitrogens with zero attached hydrogens (tertiary/aromatic N) is 2. The fraction of sp³-hybridized carbons (Fsp3) is 0.200. The van der Waals surface area contributed by atoms with E-state index in [4.69, 9.17) is 23.8 Å². The topological polar surface area (TPSA) is 41.9 Å². The van der Waals surface area contributed by atoms with Crippen molar-refractivity contribution >= 4 is 34.6 Å². The molecule has 0 aliphatic heterocycles. The number of anilines is 1. The monoisotopic (exact) mass is 384 g/mol. The molecule has 0 atom stereocenters. The molecular weight excluding hydrogens is 364 g/mol. The average molecular weight is 385 g/mol. The van der Waals surface area contributed by atoms with Crippen molar-refractivity contribution in [2.45, 2.75) is 26.9 Å². The largest absolute Gasteiger partial charge is 0.358 e. The van der Waals surface area contributed by atoms with Crippen LogP contribution in [0.4, 0.5) is 5.69 Å². The molecule has 0 amide bonds. The quantitative estimate of drug-likeness (QED) is 0.626. The molecule has 0 saturated heterocycles. The van der Waals surface area contributed by atoms with Crippen LogP contribution in [-0.4, -0.2) is 14.9 Å². The van der Waals surface area contributed by atoms with Gasteiger partial charge in [-0.2, -0.15) is 5.10 Å². The number of thiocarbonyl (C=S) groups is 1. The number of hydrogen-bond acceptors (Lipinski definition) is 2. The molecule has 1 heterocycles. The number of hydrogen-bond donors (Lipinski definition) is 2. The second-order valence-corrected chi connectivity index (χ2v) is 7.06. The highest BCUT2D eigenvalue weighted by Crippen LogP contribution is 2.14. The lowest BCUT2D eigenvalue weighted by molar-refractivity contribution is 0.659. The van der Waals surface area contributed by atoms with Gasteiger partial charge in [0.2, 0.25) is 0 Å². The van der Waals surface area contributed by atoms with Gasteiger partial charge in [-0.1, -0.05) is 35.9 Å². The standard InChI is InChI=1S/C20H21ClN4S/c1-14-10-15(2)25(24-14)13-17-4-3-5-19(11-17)23-20(26)22-12-16-6-8-18(21)9-7-16/h3-11H,12-13H2,1-2H3,(H2,22,23,26). The molecule has 3 aromatic rings. The SMILES string of the molecule is Cc1cc(C)n(Cc2cccc(NC(=S)NCc3ccc(Cl)cc3)c2)n1. The van der Waals surface area contributed by atoms with Gasteiger partial charge >= 0.3 is 0 Å². The number of halogens is 1. The Bertz CT molecular complexity index is 902. The lowest BCUT2D eigenvalue weighted by Crippen LogP contribution is -2.27. The van der Waals surface area contributed by atoms with E-state index in [0.29, 0.717) is 11.7 Å². The van der Waals surface area contributed by atoms with Gasteiger partial charge in [-0.25, -0.2) is 0 Å². The summed E-state index contributed by atoms with van der Waals surface area (Å²) < 4.78 is 2.01. The van der Waals surface area contributed by atoms with Gasteiger partial charge in [0.1, 0.15) is 0 Å². The van der Waals surface area contributed by atoms with E-state index in [9.17, 15) is 0 Å². The number of aryl methyl sites for hydroxylation is 2. The summed E-state index contributed by atoms with van der Waals surface area (Å²) in [6.45, 7) is 5.46. The molecule has 1 aromatic heterocycles. The van der Waals surface area contributed by atoms with E-state index in [1.165, 1.54) is 5.56 Å². The summed E-state index contributed by atoms with van der Waals surface area (Å²) in [5, 5.41) is 12.3. The minimum atomic E-state index is 0.586. The van der Waals surface area contributed by atoms with Gasteiger partial charge in [0, 0.05) is 22.9 Å². The van der Waals surface area contributed by atoms with Gasteiger partial charge in [0.25, 0.3) is 0 Å². The van der Waals surface area contributed by atoms with Crippen molar-refractivity contribution in [1.82, 2.24) is 15.1 Å². The zero-order valence-electron chi connectivity index (χ0n) is 14.8. The third-order valence-corrected chi connectivity index (χ3v) is 4.49. The Hall–Kier alpha value is -2.37. The first-order valence-electron chi connectivity index (χ1n) is 8.39. The Morgan fingerprint density at radius 2 is 1.85 bits per heavy atom. The Morgan fingerprint density at radius 3 is 2.54 bits per heavy atom. The van der Waals surface area contributed by atoms with Gasteiger partial charge in [-0.3, -0.25) is 4.68 Å². The summed E-state index contributed by atoms with van der Waals surface area (Å²) in [6.07, 6.45) is 0. The number of benzene rings is 2. The van der Waals surface area contributed by atoms with Crippen molar-refractivity contribution in [2.75, 3.05) is 5.32 Å². The third kappa shape index (κ3) is 5.07. The van der Waals surface area contributed by atoms with Crippen LogP contribution in [0.2, 0.25) is 5.02 Å². The molecule has 3 rings (SSSR count). The minimum absolute atomic E-state index is 0.586. The zero-order chi connectivity index (χ0) is 18.5. The molecule has 0 aliphatic rings. The summed E-state index contributed by atoms with van der Waals surface area (Å²) >= 11 is 11.3. The van der Waals surface area contributed by atoms with Crippen LogP contribution < -0.4 is 10.6 Å². The van der Waals surface area contributed by atoms with Crippen LogP contribution in [0, 0.1) is 13.8 Å². The second-order valence-electron chi connectivity index (χ2n) is 6.22. The van der Waals surface area contributed by atoms with Crippen molar-refractivity contribution in [3.63, 3.8) is 0 Å². The normalized spacial score (nSPS) is 10.6. The molecule has 4 nitrogen and oxygen atoms in total. The van der Waals surface area contributed by atoms with Crippen LogP contribution in [0.3, 0.4) is 0 Å². The van der Waals surface area contributed by atoms with E-state index in [0.717, 1.165) is 34.2 Å². The maximum absolute atomic E-state index is 5.90. The zero-order valence-corrected chi connectivity index (χ0v) is 16.4. The predicted octanol–water partition coefficient (Wildman–Crippen LogP) is 4.69. The Balaban J connectivity index is 1.58. The van der Waals surface area contributed by atoms with Crippen molar-refractivity contribution in [3.8, 4) is 0 Å². The molecule has 0 bridgehead atoms. The van der Waals surface area contributed by atoms with Crippen LogP contribution in [0.5, 0.6) is 0 Å². The van der Waals surface area contributed by atoms with Gasteiger partial charge in [0.15, 0.2) is 5.11 Å². The highest BCUT2D eigenvalue weighted by Gasteiger charge is 2.04. The lowest BCUT2D eigenvalue weighted by atomic mass is 10.2. The maximum Gasteiger partial charge on any atom is 0.171 e. The van der Waals surface area contributed by atoms with Gasteiger partial charge in [0.05, 0.1) is 12.2 Å². The molecule has 6 heteroatoms. The summed E-state index contributed by atoms with van der Waals surface area (Å²) in [5.74, 6) is 0. The molecule has 0 unspecified atom stereocenters. The molecule has 0 saturated carbocycles. The lowest BCUT2D eigenvalue weighted by Gasteiger charge is -2.12. The molecule has 134 valence electrons. The van der Waals surface area contributed by atoms with Crippen LogP contribution in [0.1, 0.15) is 22.5 Å². The van der Waals surface area contributed by atoms with Gasteiger partial charge in [-0.15, -0.1) is 0 Å². The summed E-state index contributed by atoms with van der Waals surface area (Å²) in [6, 6.07) is 18.0. The van der Waals surface area contributed by atoms with E-state index in [1.807, 2.05) is 48.0 Å². The molecule has 2 aromatic carbocycles. The average Bonchev–Trinajstić information content (AvgIpc) is 2.92. The first kappa shape index (κ1) is 18.4. The molecule has 0 aliphatic carbocycles. The van der Waals surface area contributed by atoms with E-state index in [2.05, 4.69) is 40.9 Å². The van der Waals surface area contributed by atoms with Crippen LogP contribution in [0.25, 0.3) is 0 Å². The fourth-order valence-corrected chi connectivity index (χ4v) is 3.03. The Kier molecular flexibility index (Phi) is 5.91. The number of rotatable bonds is 5. The van der Waals surface area contributed by atoms with Crippen LogP contribution in [0.15, 0.2) is 54.6 Å². The van der Waals surface area contributed by atoms with E-state index in [1.54, 1.807) is 0 Å².